The van der Waals surface area contributed by atoms with Gasteiger partial charge < -0.3 is 4.57 Å². The van der Waals surface area contributed by atoms with E-state index in [4.69, 9.17) is 19.9 Å². The molecule has 0 radical (unpaired) electrons. The second kappa shape index (κ2) is 12.1. The molecule has 0 aliphatic rings. The van der Waals surface area contributed by atoms with Gasteiger partial charge in [0.2, 0.25) is 5.95 Å². The smallest absolute Gasteiger partial charge is 0.238 e. The second-order valence-corrected chi connectivity index (χ2v) is 13.5. The van der Waals surface area contributed by atoms with Crippen molar-refractivity contribution in [1.29, 1.82) is 0 Å². The molecule has 0 spiro atoms. The Kier molecular flexibility index (Phi) is 6.75. The SMILES string of the molecule is c1ccc(-c2nc(-c3ccc(-c4nc5ccccc5c5c4c4ccccc4n5-c4ccccc4)cc3)nc(-n3c4ccccc4c4ccccc43)n2)cc1. The van der Waals surface area contributed by atoms with Gasteiger partial charge in [0.1, 0.15) is 0 Å². The van der Waals surface area contributed by atoms with E-state index < -0.39 is 0 Å². The molecule has 4 aromatic heterocycles. The Bertz CT molecular complexity index is 3150. The van der Waals surface area contributed by atoms with Crippen LogP contribution in [0.3, 0.4) is 0 Å². The van der Waals surface area contributed by atoms with Gasteiger partial charge in [0.05, 0.1) is 33.3 Å². The molecule has 7 aromatic carbocycles. The number of rotatable bonds is 5. The van der Waals surface area contributed by atoms with Gasteiger partial charge in [-0.05, 0) is 36.4 Å². The number of aromatic nitrogens is 6. The molecule has 0 aliphatic heterocycles. The fourth-order valence-corrected chi connectivity index (χ4v) is 7.96. The van der Waals surface area contributed by atoms with Crippen molar-refractivity contribution in [1.82, 2.24) is 29.1 Å². The monoisotopic (exact) mass is 690 g/mol. The normalized spacial score (nSPS) is 11.7. The minimum Gasteiger partial charge on any atom is -0.308 e. The first-order chi connectivity index (χ1) is 26.8. The standard InChI is InChI=1S/C48H30N6/c1-3-15-32(16-4-1)46-50-47(52-48(51-46)54-40-24-12-8-19-35(40)36-20-9-13-25-41(36)54)33-29-27-31(28-30-33)44-43-38-22-10-14-26-42(38)53(34-17-5-2-6-18-34)45(43)37-21-7-11-23-39(37)49-44/h1-30H. The summed E-state index contributed by atoms with van der Waals surface area (Å²) in [5, 5.41) is 5.71. The zero-order chi connectivity index (χ0) is 35.6. The summed E-state index contributed by atoms with van der Waals surface area (Å²) < 4.78 is 4.52. The van der Waals surface area contributed by atoms with Crippen molar-refractivity contribution in [2.24, 2.45) is 0 Å². The molecule has 0 fully saturated rings. The molecule has 4 heterocycles. The first-order valence-electron chi connectivity index (χ1n) is 18.1. The van der Waals surface area contributed by atoms with Gasteiger partial charge in [-0.1, -0.05) is 146 Å². The number of hydrogen-bond donors (Lipinski definition) is 0. The predicted molar refractivity (Wildman–Crippen MR) is 220 cm³/mol. The number of fused-ring (bicyclic) bond motifs is 8. The van der Waals surface area contributed by atoms with Gasteiger partial charge in [-0.15, -0.1) is 0 Å². The van der Waals surface area contributed by atoms with Gasteiger partial charge in [-0.2, -0.15) is 9.97 Å². The zero-order valence-corrected chi connectivity index (χ0v) is 29.0. The molecule has 54 heavy (non-hydrogen) atoms. The second-order valence-electron chi connectivity index (χ2n) is 13.5. The number of hydrogen-bond acceptors (Lipinski definition) is 4. The molecule has 11 rings (SSSR count). The molecule has 252 valence electrons. The molecule has 0 saturated carbocycles. The molecule has 11 aromatic rings. The minimum atomic E-state index is 0.576. The topological polar surface area (TPSA) is 61.4 Å². The highest BCUT2D eigenvalue weighted by Crippen LogP contribution is 2.41. The van der Waals surface area contributed by atoms with Gasteiger partial charge in [0, 0.05) is 49.3 Å². The molecule has 6 heteroatoms. The molecule has 0 unspecified atom stereocenters. The lowest BCUT2D eigenvalue weighted by Crippen LogP contribution is -2.06. The third-order valence-electron chi connectivity index (χ3n) is 10.4. The van der Waals surface area contributed by atoms with E-state index >= 15 is 0 Å². The first-order valence-corrected chi connectivity index (χ1v) is 18.1. The van der Waals surface area contributed by atoms with E-state index in [1.165, 1.54) is 0 Å². The van der Waals surface area contributed by atoms with Crippen LogP contribution in [0.1, 0.15) is 0 Å². The maximum absolute atomic E-state index is 5.33. The number of para-hydroxylation sites is 5. The molecule has 6 nitrogen and oxygen atoms in total. The summed E-state index contributed by atoms with van der Waals surface area (Å²) in [6.07, 6.45) is 0. The molecule has 0 aliphatic carbocycles. The van der Waals surface area contributed by atoms with E-state index in [1.54, 1.807) is 0 Å². The summed E-state index contributed by atoms with van der Waals surface area (Å²) in [5.41, 5.74) is 10.2. The molecule has 0 atom stereocenters. The van der Waals surface area contributed by atoms with Crippen LogP contribution in [-0.4, -0.2) is 29.1 Å². The summed E-state index contributed by atoms with van der Waals surface area (Å²) in [6.45, 7) is 0. The maximum Gasteiger partial charge on any atom is 0.238 e. The Morgan fingerprint density at radius 2 is 0.815 bits per heavy atom. The van der Waals surface area contributed by atoms with E-state index in [9.17, 15) is 0 Å². The van der Waals surface area contributed by atoms with E-state index in [1.807, 2.05) is 30.3 Å². The van der Waals surface area contributed by atoms with Gasteiger partial charge in [-0.25, -0.2) is 9.97 Å². The molecule has 0 N–H and O–H groups in total. The quantitative estimate of drug-likeness (QED) is 0.180. The maximum atomic E-state index is 5.33. The van der Waals surface area contributed by atoms with Gasteiger partial charge in [-0.3, -0.25) is 4.57 Å². The van der Waals surface area contributed by atoms with E-state index in [-0.39, 0.29) is 0 Å². The number of nitrogens with zero attached hydrogens (tertiary/aromatic N) is 6. The largest absolute Gasteiger partial charge is 0.308 e. The number of benzene rings is 7. The number of pyridine rings is 1. The lowest BCUT2D eigenvalue weighted by Gasteiger charge is -2.12. The van der Waals surface area contributed by atoms with Crippen LogP contribution >= 0.6 is 0 Å². The highest BCUT2D eigenvalue weighted by Gasteiger charge is 2.21. The summed E-state index contributed by atoms with van der Waals surface area (Å²) in [5.74, 6) is 1.80. The summed E-state index contributed by atoms with van der Waals surface area (Å²) in [4.78, 5) is 20.6. The van der Waals surface area contributed by atoms with E-state index in [0.717, 1.165) is 82.6 Å². The average molecular weight is 691 g/mol. The van der Waals surface area contributed by atoms with Crippen LogP contribution in [0.2, 0.25) is 0 Å². The van der Waals surface area contributed by atoms with Gasteiger partial charge in [0.25, 0.3) is 0 Å². The van der Waals surface area contributed by atoms with Crippen LogP contribution in [0.15, 0.2) is 182 Å². The Labute approximate surface area is 310 Å². The van der Waals surface area contributed by atoms with Crippen molar-refractivity contribution in [2.45, 2.75) is 0 Å². The highest BCUT2D eigenvalue weighted by atomic mass is 15.2. The lowest BCUT2D eigenvalue weighted by atomic mass is 10.0. The van der Waals surface area contributed by atoms with Gasteiger partial charge >= 0.3 is 0 Å². The molecule has 0 saturated heterocycles. The third kappa shape index (κ3) is 4.67. The van der Waals surface area contributed by atoms with Crippen LogP contribution in [0.4, 0.5) is 0 Å². The van der Waals surface area contributed by atoms with Crippen molar-refractivity contribution < 1.29 is 0 Å². The fraction of sp³-hybridized carbons (Fsp3) is 0. The molecule has 0 bridgehead atoms. The Morgan fingerprint density at radius 3 is 1.46 bits per heavy atom. The van der Waals surface area contributed by atoms with Crippen molar-refractivity contribution in [3.8, 4) is 45.7 Å². The van der Waals surface area contributed by atoms with Crippen LogP contribution in [0, 0.1) is 0 Å². The van der Waals surface area contributed by atoms with Crippen molar-refractivity contribution >= 4 is 54.5 Å². The lowest BCUT2D eigenvalue weighted by molar-refractivity contribution is 0.953. The Morgan fingerprint density at radius 1 is 0.333 bits per heavy atom. The van der Waals surface area contributed by atoms with Crippen LogP contribution in [0.25, 0.3) is 100 Å². The van der Waals surface area contributed by atoms with Crippen molar-refractivity contribution in [3.63, 3.8) is 0 Å². The predicted octanol–water partition coefficient (Wildman–Crippen LogP) is 11.6. The van der Waals surface area contributed by atoms with Crippen molar-refractivity contribution in [2.75, 3.05) is 0 Å². The summed E-state index contributed by atoms with van der Waals surface area (Å²) in [6, 6.07) is 63.1. The zero-order valence-electron chi connectivity index (χ0n) is 29.0. The summed E-state index contributed by atoms with van der Waals surface area (Å²) >= 11 is 0. The van der Waals surface area contributed by atoms with Crippen molar-refractivity contribution in [3.05, 3.63) is 182 Å². The van der Waals surface area contributed by atoms with Crippen LogP contribution in [0.5, 0.6) is 0 Å². The van der Waals surface area contributed by atoms with E-state index in [0.29, 0.717) is 17.6 Å². The Hall–Kier alpha value is -7.44. The molecule has 0 amide bonds. The molecular formula is C48H30N6. The van der Waals surface area contributed by atoms with Gasteiger partial charge in [0.15, 0.2) is 11.6 Å². The Balaban J connectivity index is 1.12. The minimum absolute atomic E-state index is 0.576. The first kappa shape index (κ1) is 30.2. The summed E-state index contributed by atoms with van der Waals surface area (Å²) in [7, 11) is 0. The van der Waals surface area contributed by atoms with E-state index in [2.05, 4.69) is 161 Å². The highest BCUT2D eigenvalue weighted by molar-refractivity contribution is 6.22. The average Bonchev–Trinajstić information content (AvgIpc) is 3.78. The third-order valence-corrected chi connectivity index (χ3v) is 10.4. The fourth-order valence-electron chi connectivity index (χ4n) is 7.96. The van der Waals surface area contributed by atoms with Crippen LogP contribution < -0.4 is 0 Å². The van der Waals surface area contributed by atoms with Crippen LogP contribution in [-0.2, 0) is 0 Å². The molecular weight excluding hydrogens is 661 g/mol.